The Hall–Kier alpha value is -0.800. The Morgan fingerprint density at radius 3 is 1.50 bits per heavy atom. The fraction of sp³-hybridized carbons (Fsp3) is 0.500. The summed E-state index contributed by atoms with van der Waals surface area (Å²) in [7, 11) is 2.22. The van der Waals surface area contributed by atoms with Gasteiger partial charge in [0.1, 0.15) is 0 Å². The molecule has 0 radical (unpaired) electrons. The summed E-state index contributed by atoms with van der Waals surface area (Å²) < 4.78 is 30.8. The number of methoxy groups -OCH3 is 2. The largest absolute Gasteiger partial charge is 0.465 e. The van der Waals surface area contributed by atoms with Gasteiger partial charge >= 0.3 is 12.0 Å². The highest BCUT2D eigenvalue weighted by Gasteiger charge is 2.02. The SMILES string of the molecule is COC(OC)=C(F)F. The lowest BCUT2D eigenvalue weighted by atomic mass is 10.9. The van der Waals surface area contributed by atoms with Gasteiger partial charge in [0, 0.05) is 0 Å². The molecular formula is C4H6F2O2. The maximum absolute atomic E-state index is 11.3. The van der Waals surface area contributed by atoms with Gasteiger partial charge in [0.25, 0.3) is 0 Å². The molecule has 2 nitrogen and oxygen atoms in total. The van der Waals surface area contributed by atoms with Gasteiger partial charge in [0.05, 0.1) is 14.2 Å². The second-order valence-electron chi connectivity index (χ2n) is 0.956. The van der Waals surface area contributed by atoms with Crippen molar-refractivity contribution in [3.8, 4) is 0 Å². The molecule has 8 heavy (non-hydrogen) atoms. The van der Waals surface area contributed by atoms with Crippen LogP contribution in [-0.2, 0) is 9.47 Å². The number of rotatable bonds is 2. The van der Waals surface area contributed by atoms with E-state index in [9.17, 15) is 8.78 Å². The van der Waals surface area contributed by atoms with Crippen molar-refractivity contribution in [2.24, 2.45) is 0 Å². The van der Waals surface area contributed by atoms with Crippen molar-refractivity contribution in [2.75, 3.05) is 14.2 Å². The van der Waals surface area contributed by atoms with Crippen LogP contribution in [0.3, 0.4) is 0 Å². The lowest BCUT2D eigenvalue weighted by Crippen LogP contribution is -1.89. The molecule has 0 atom stereocenters. The van der Waals surface area contributed by atoms with Gasteiger partial charge in [-0.05, 0) is 0 Å². The molecule has 0 aromatic carbocycles. The molecule has 0 aromatic rings. The fourth-order valence-corrected chi connectivity index (χ4v) is 0.238. The van der Waals surface area contributed by atoms with E-state index in [1.165, 1.54) is 0 Å². The molecule has 48 valence electrons. The average Bonchev–Trinajstić information content (AvgIpc) is 1.69. The topological polar surface area (TPSA) is 18.5 Å². The van der Waals surface area contributed by atoms with E-state index in [1.807, 2.05) is 0 Å². The number of halogens is 2. The van der Waals surface area contributed by atoms with Gasteiger partial charge < -0.3 is 9.47 Å². The molecule has 0 heterocycles. The highest BCUT2D eigenvalue weighted by Crippen LogP contribution is 2.07. The first-order valence-corrected chi connectivity index (χ1v) is 1.85. The minimum absolute atomic E-state index is 0.731. The molecule has 0 N–H and O–H groups in total. The third kappa shape index (κ3) is 1.77. The summed E-state index contributed by atoms with van der Waals surface area (Å²) in [5.74, 6) is -0.731. The highest BCUT2D eigenvalue weighted by molar-refractivity contribution is 4.80. The van der Waals surface area contributed by atoms with Crippen LogP contribution in [0, 0.1) is 0 Å². The van der Waals surface area contributed by atoms with E-state index in [1.54, 1.807) is 0 Å². The molecule has 0 saturated carbocycles. The minimum atomic E-state index is -1.95. The first-order valence-electron chi connectivity index (χ1n) is 1.85. The van der Waals surface area contributed by atoms with Crippen LogP contribution in [0.1, 0.15) is 0 Å². The third-order valence-electron chi connectivity index (χ3n) is 0.525. The molecule has 0 bridgehead atoms. The molecular weight excluding hydrogens is 118 g/mol. The third-order valence-corrected chi connectivity index (χ3v) is 0.525. The number of hydrogen-bond donors (Lipinski definition) is 0. The second kappa shape index (κ2) is 3.23. The van der Waals surface area contributed by atoms with E-state index in [2.05, 4.69) is 9.47 Å². The van der Waals surface area contributed by atoms with Crippen LogP contribution < -0.4 is 0 Å². The van der Waals surface area contributed by atoms with E-state index < -0.39 is 12.0 Å². The Labute approximate surface area is 45.7 Å². The van der Waals surface area contributed by atoms with Gasteiger partial charge in [-0.3, -0.25) is 0 Å². The molecule has 0 aromatic heterocycles. The Bertz CT molecular complexity index is 90.2. The summed E-state index contributed by atoms with van der Waals surface area (Å²) in [6.45, 7) is 0. The second-order valence-corrected chi connectivity index (χ2v) is 0.956. The van der Waals surface area contributed by atoms with Crippen LogP contribution in [0.15, 0.2) is 12.0 Å². The summed E-state index contributed by atoms with van der Waals surface area (Å²) in [5.41, 5.74) is 0. The number of ether oxygens (including phenoxy) is 2. The van der Waals surface area contributed by atoms with Gasteiger partial charge in [0.15, 0.2) is 0 Å². The van der Waals surface area contributed by atoms with Gasteiger partial charge in [-0.25, -0.2) is 0 Å². The van der Waals surface area contributed by atoms with E-state index in [0.717, 1.165) is 14.2 Å². The molecule has 0 amide bonds. The van der Waals surface area contributed by atoms with E-state index in [-0.39, 0.29) is 0 Å². The summed E-state index contributed by atoms with van der Waals surface area (Å²) in [4.78, 5) is 0. The minimum Gasteiger partial charge on any atom is -0.465 e. The van der Waals surface area contributed by atoms with Crippen molar-refractivity contribution in [3.63, 3.8) is 0 Å². The van der Waals surface area contributed by atoms with Gasteiger partial charge in [-0.1, -0.05) is 0 Å². The normalized spacial score (nSPS) is 8.00. The predicted molar refractivity (Wildman–Crippen MR) is 23.3 cm³/mol. The predicted octanol–water partition coefficient (Wildman–Crippen LogP) is 1.34. The van der Waals surface area contributed by atoms with E-state index in [0.29, 0.717) is 0 Å². The van der Waals surface area contributed by atoms with Crippen LogP contribution in [0.4, 0.5) is 8.78 Å². The molecule has 0 unspecified atom stereocenters. The molecule has 0 aliphatic heterocycles. The lowest BCUT2D eigenvalue weighted by molar-refractivity contribution is 0.0706. The van der Waals surface area contributed by atoms with E-state index in [4.69, 9.17) is 0 Å². The first kappa shape index (κ1) is 7.20. The van der Waals surface area contributed by atoms with E-state index >= 15 is 0 Å². The van der Waals surface area contributed by atoms with Crippen LogP contribution in [0.25, 0.3) is 0 Å². The Morgan fingerprint density at radius 1 is 1.12 bits per heavy atom. The summed E-state index contributed by atoms with van der Waals surface area (Å²) in [5, 5.41) is 0. The molecule has 0 aliphatic rings. The molecule has 0 fully saturated rings. The van der Waals surface area contributed by atoms with Crippen molar-refractivity contribution in [1.29, 1.82) is 0 Å². The highest BCUT2D eigenvalue weighted by atomic mass is 19.3. The van der Waals surface area contributed by atoms with Crippen molar-refractivity contribution < 1.29 is 18.3 Å². The van der Waals surface area contributed by atoms with Crippen molar-refractivity contribution >= 4 is 0 Å². The molecule has 0 saturated heterocycles. The average molecular weight is 124 g/mol. The van der Waals surface area contributed by atoms with Crippen LogP contribution in [0.2, 0.25) is 0 Å². The number of hydrogen-bond acceptors (Lipinski definition) is 2. The zero-order valence-corrected chi connectivity index (χ0v) is 4.57. The van der Waals surface area contributed by atoms with Crippen molar-refractivity contribution in [1.82, 2.24) is 0 Å². The van der Waals surface area contributed by atoms with Crippen molar-refractivity contribution in [2.45, 2.75) is 0 Å². The fourth-order valence-electron chi connectivity index (χ4n) is 0.238. The van der Waals surface area contributed by atoms with Crippen LogP contribution in [0.5, 0.6) is 0 Å². The quantitative estimate of drug-likeness (QED) is 0.517. The summed E-state index contributed by atoms with van der Waals surface area (Å²) in [6, 6.07) is 0. The zero-order valence-electron chi connectivity index (χ0n) is 4.57. The Kier molecular flexibility index (Phi) is 2.91. The Balaban J connectivity index is 3.86. The first-order chi connectivity index (χ1) is 3.72. The van der Waals surface area contributed by atoms with Gasteiger partial charge in [0.2, 0.25) is 0 Å². The summed E-state index contributed by atoms with van der Waals surface area (Å²) in [6.07, 6.45) is -1.95. The van der Waals surface area contributed by atoms with Crippen LogP contribution >= 0.6 is 0 Å². The standard InChI is InChI=1S/C4H6F2O2/c1-7-4(8-2)3(5)6/h1-2H3. The van der Waals surface area contributed by atoms with Gasteiger partial charge in [-0.15, -0.1) is 0 Å². The van der Waals surface area contributed by atoms with Crippen molar-refractivity contribution in [3.05, 3.63) is 12.0 Å². The molecule has 0 spiro atoms. The maximum atomic E-state index is 11.3. The zero-order chi connectivity index (χ0) is 6.57. The Morgan fingerprint density at radius 2 is 1.50 bits per heavy atom. The monoisotopic (exact) mass is 124 g/mol. The summed E-state index contributed by atoms with van der Waals surface area (Å²) >= 11 is 0. The van der Waals surface area contributed by atoms with Crippen LogP contribution in [-0.4, -0.2) is 14.2 Å². The molecule has 0 rings (SSSR count). The van der Waals surface area contributed by atoms with Gasteiger partial charge in [-0.2, -0.15) is 8.78 Å². The lowest BCUT2D eigenvalue weighted by Gasteiger charge is -1.98. The smallest absolute Gasteiger partial charge is 0.349 e. The molecule has 0 aliphatic carbocycles. The maximum Gasteiger partial charge on any atom is 0.349 e. The molecule has 4 heteroatoms.